The van der Waals surface area contributed by atoms with Crippen molar-refractivity contribution in [2.24, 2.45) is 0 Å². The Morgan fingerprint density at radius 3 is 2.86 bits per heavy atom. The Bertz CT molecular complexity index is 601. The van der Waals surface area contributed by atoms with Gasteiger partial charge in [0.1, 0.15) is 17.1 Å². The van der Waals surface area contributed by atoms with E-state index in [9.17, 15) is 9.50 Å². The summed E-state index contributed by atoms with van der Waals surface area (Å²) < 4.78 is 18.7. The van der Waals surface area contributed by atoms with Gasteiger partial charge < -0.3 is 9.63 Å². The van der Waals surface area contributed by atoms with Crippen molar-refractivity contribution >= 4 is 10.9 Å². The molecule has 1 N–H and O–H groups in total. The van der Waals surface area contributed by atoms with Gasteiger partial charge in [-0.3, -0.25) is 4.90 Å². The van der Waals surface area contributed by atoms with Crippen molar-refractivity contribution < 1.29 is 14.0 Å². The fourth-order valence-corrected chi connectivity index (χ4v) is 3.26. The van der Waals surface area contributed by atoms with Crippen molar-refractivity contribution in [2.75, 3.05) is 19.7 Å². The summed E-state index contributed by atoms with van der Waals surface area (Å²) in [5.41, 5.74) is 0.592. The molecular weight excluding hydrogens is 271 g/mol. The minimum Gasteiger partial charge on any atom is -0.395 e. The summed E-state index contributed by atoms with van der Waals surface area (Å²) in [7, 11) is 0. The maximum Gasteiger partial charge on any atom is 0.147 e. The lowest BCUT2D eigenvalue weighted by Crippen LogP contribution is -2.42. The Morgan fingerprint density at radius 2 is 2.19 bits per heavy atom. The van der Waals surface area contributed by atoms with Crippen LogP contribution in [-0.2, 0) is 0 Å². The third-order valence-electron chi connectivity index (χ3n) is 4.57. The minimum absolute atomic E-state index is 0.214. The third-order valence-corrected chi connectivity index (χ3v) is 4.57. The van der Waals surface area contributed by atoms with Crippen LogP contribution in [-0.4, -0.2) is 40.9 Å². The molecule has 0 saturated carbocycles. The molecule has 1 unspecified atom stereocenters. The van der Waals surface area contributed by atoms with Gasteiger partial charge in [-0.1, -0.05) is 12.1 Å². The SMILES string of the molecule is CCC(CO)N1CCC(c2onc3cc(F)ccc23)CC1. The van der Waals surface area contributed by atoms with Gasteiger partial charge in [0.15, 0.2) is 0 Å². The molecule has 1 fully saturated rings. The van der Waals surface area contributed by atoms with Crippen LogP contribution < -0.4 is 0 Å². The molecule has 3 rings (SSSR count). The number of aliphatic hydroxyl groups is 1. The molecule has 1 saturated heterocycles. The number of likely N-dealkylation sites (tertiary alicyclic amines) is 1. The summed E-state index contributed by atoms with van der Waals surface area (Å²) in [4.78, 5) is 2.34. The molecule has 0 bridgehead atoms. The molecule has 5 heteroatoms. The molecular formula is C16H21FN2O2. The molecule has 1 atom stereocenters. The van der Waals surface area contributed by atoms with Gasteiger partial charge in [-0.2, -0.15) is 0 Å². The first-order valence-electron chi connectivity index (χ1n) is 7.62. The van der Waals surface area contributed by atoms with Gasteiger partial charge in [-0.25, -0.2) is 4.39 Å². The maximum atomic E-state index is 13.2. The number of aromatic nitrogens is 1. The van der Waals surface area contributed by atoms with Crippen LogP contribution in [0, 0.1) is 5.82 Å². The van der Waals surface area contributed by atoms with Gasteiger partial charge in [-0.05, 0) is 44.5 Å². The van der Waals surface area contributed by atoms with Crippen molar-refractivity contribution in [3.8, 4) is 0 Å². The van der Waals surface area contributed by atoms with E-state index in [0.29, 0.717) is 11.4 Å². The second-order valence-electron chi connectivity index (χ2n) is 5.76. The van der Waals surface area contributed by atoms with E-state index in [4.69, 9.17) is 4.52 Å². The van der Waals surface area contributed by atoms with Crippen LogP contribution in [0.1, 0.15) is 37.9 Å². The van der Waals surface area contributed by atoms with Gasteiger partial charge in [0.2, 0.25) is 0 Å². The van der Waals surface area contributed by atoms with Crippen molar-refractivity contribution in [3.63, 3.8) is 0 Å². The second kappa shape index (κ2) is 6.12. The fraction of sp³-hybridized carbons (Fsp3) is 0.562. The summed E-state index contributed by atoms with van der Waals surface area (Å²) >= 11 is 0. The molecule has 114 valence electrons. The van der Waals surface area contributed by atoms with E-state index in [1.165, 1.54) is 12.1 Å². The predicted molar refractivity (Wildman–Crippen MR) is 78.7 cm³/mol. The molecule has 1 aliphatic rings. The van der Waals surface area contributed by atoms with Gasteiger partial charge >= 0.3 is 0 Å². The Balaban J connectivity index is 1.74. The number of nitrogens with zero attached hydrogens (tertiary/aromatic N) is 2. The largest absolute Gasteiger partial charge is 0.395 e. The number of halogens is 1. The van der Waals surface area contributed by atoms with Gasteiger partial charge in [0.05, 0.1) is 6.61 Å². The minimum atomic E-state index is -0.286. The molecule has 21 heavy (non-hydrogen) atoms. The molecule has 1 aromatic heterocycles. The van der Waals surface area contributed by atoms with E-state index >= 15 is 0 Å². The zero-order valence-corrected chi connectivity index (χ0v) is 12.3. The first kappa shape index (κ1) is 14.5. The van der Waals surface area contributed by atoms with E-state index in [1.54, 1.807) is 6.07 Å². The highest BCUT2D eigenvalue weighted by Crippen LogP contribution is 2.34. The molecule has 0 spiro atoms. The molecule has 1 aromatic carbocycles. The van der Waals surface area contributed by atoms with Crippen LogP contribution in [0.4, 0.5) is 4.39 Å². The van der Waals surface area contributed by atoms with Crippen molar-refractivity contribution in [3.05, 3.63) is 29.8 Å². The average molecular weight is 292 g/mol. The molecule has 0 radical (unpaired) electrons. The monoisotopic (exact) mass is 292 g/mol. The quantitative estimate of drug-likeness (QED) is 0.941. The molecule has 2 aromatic rings. The Labute approximate surface area is 123 Å². The van der Waals surface area contributed by atoms with Gasteiger partial charge in [-0.15, -0.1) is 0 Å². The van der Waals surface area contributed by atoms with Gasteiger partial charge in [0, 0.05) is 23.4 Å². The summed E-state index contributed by atoms with van der Waals surface area (Å²) in [5.74, 6) is 0.917. The number of piperidine rings is 1. The van der Waals surface area contributed by atoms with Crippen LogP contribution >= 0.6 is 0 Å². The van der Waals surface area contributed by atoms with E-state index < -0.39 is 0 Å². The fourth-order valence-electron chi connectivity index (χ4n) is 3.26. The van der Waals surface area contributed by atoms with E-state index in [-0.39, 0.29) is 18.5 Å². The van der Waals surface area contributed by atoms with Crippen LogP contribution in [0.2, 0.25) is 0 Å². The van der Waals surface area contributed by atoms with Gasteiger partial charge in [0.25, 0.3) is 0 Å². The topological polar surface area (TPSA) is 49.5 Å². The first-order valence-corrected chi connectivity index (χ1v) is 7.62. The number of rotatable bonds is 4. The van der Waals surface area contributed by atoms with Crippen LogP contribution in [0.5, 0.6) is 0 Å². The molecule has 0 amide bonds. The predicted octanol–water partition coefficient (Wildman–Crippen LogP) is 2.92. The third kappa shape index (κ3) is 2.80. The lowest BCUT2D eigenvalue weighted by atomic mass is 9.91. The molecule has 1 aliphatic heterocycles. The lowest BCUT2D eigenvalue weighted by molar-refractivity contribution is 0.0919. The maximum absolute atomic E-state index is 13.2. The van der Waals surface area contributed by atoms with Crippen molar-refractivity contribution in [1.29, 1.82) is 0 Å². The smallest absolute Gasteiger partial charge is 0.147 e. The van der Waals surface area contributed by atoms with Crippen molar-refractivity contribution in [1.82, 2.24) is 10.1 Å². The zero-order valence-electron chi connectivity index (χ0n) is 12.3. The Hall–Kier alpha value is -1.46. The molecule has 0 aliphatic carbocycles. The normalized spacial score (nSPS) is 19.2. The molecule has 2 heterocycles. The Kier molecular flexibility index (Phi) is 4.22. The highest BCUT2D eigenvalue weighted by molar-refractivity contribution is 5.80. The first-order chi connectivity index (χ1) is 10.2. The highest BCUT2D eigenvalue weighted by Gasteiger charge is 2.28. The number of aliphatic hydroxyl groups excluding tert-OH is 1. The van der Waals surface area contributed by atoms with Crippen LogP contribution in [0.3, 0.4) is 0 Å². The van der Waals surface area contributed by atoms with E-state index in [2.05, 4.69) is 17.0 Å². The summed E-state index contributed by atoms with van der Waals surface area (Å²) in [6, 6.07) is 4.88. The standard InChI is InChI=1S/C16H21FN2O2/c1-2-13(10-20)19-7-5-11(6-8-19)16-14-4-3-12(17)9-15(14)18-21-16/h3-4,9,11,13,20H,2,5-8,10H2,1H3. The molecule has 4 nitrogen and oxygen atoms in total. The van der Waals surface area contributed by atoms with E-state index in [0.717, 1.165) is 43.5 Å². The second-order valence-corrected chi connectivity index (χ2v) is 5.76. The zero-order chi connectivity index (χ0) is 14.8. The summed E-state index contributed by atoms with van der Waals surface area (Å²) in [6.45, 7) is 4.22. The summed E-state index contributed by atoms with van der Waals surface area (Å²) in [6.07, 6.45) is 2.93. The number of hydrogen-bond donors (Lipinski definition) is 1. The van der Waals surface area contributed by atoms with E-state index in [1.807, 2.05) is 0 Å². The number of fused-ring (bicyclic) bond motifs is 1. The number of benzene rings is 1. The van der Waals surface area contributed by atoms with Crippen LogP contribution in [0.15, 0.2) is 22.7 Å². The van der Waals surface area contributed by atoms with Crippen molar-refractivity contribution in [2.45, 2.75) is 38.1 Å². The average Bonchev–Trinajstić information content (AvgIpc) is 2.92. The highest BCUT2D eigenvalue weighted by atomic mass is 19.1. The number of hydrogen-bond acceptors (Lipinski definition) is 4. The lowest BCUT2D eigenvalue weighted by Gasteiger charge is -2.35. The Morgan fingerprint density at radius 1 is 1.43 bits per heavy atom. The summed E-state index contributed by atoms with van der Waals surface area (Å²) in [5, 5.41) is 14.3. The van der Waals surface area contributed by atoms with Crippen LogP contribution in [0.25, 0.3) is 10.9 Å².